The van der Waals surface area contributed by atoms with Crippen molar-refractivity contribution in [2.75, 3.05) is 0 Å². The lowest BCUT2D eigenvalue weighted by Gasteiger charge is -2.09. The zero-order valence-electron chi connectivity index (χ0n) is 8.21. The first-order valence-corrected chi connectivity index (χ1v) is 5.39. The maximum Gasteiger partial charge on any atom is 0.188 e. The lowest BCUT2D eigenvalue weighted by molar-refractivity contribution is 0.196. The molecule has 78 valence electrons. The maximum absolute atomic E-state index is 9.57. The van der Waals surface area contributed by atoms with Crippen LogP contribution in [-0.4, -0.2) is 20.3 Å². The molecule has 5 heteroatoms. The Morgan fingerprint density at radius 3 is 2.87 bits per heavy atom. The van der Waals surface area contributed by atoms with Gasteiger partial charge in [-0.2, -0.15) is 5.10 Å². The Bertz CT molecular complexity index is 428. The Morgan fingerprint density at radius 1 is 1.40 bits per heavy atom. The Hall–Kier alpha value is -1.33. The number of nitrogens with zero attached hydrogens (tertiary/aromatic N) is 2. The van der Waals surface area contributed by atoms with Gasteiger partial charge in [0.25, 0.3) is 0 Å². The summed E-state index contributed by atoms with van der Waals surface area (Å²) >= 11 is 1.46. The summed E-state index contributed by atoms with van der Waals surface area (Å²) in [6, 6.07) is 7.70. The molecule has 0 aliphatic carbocycles. The van der Waals surface area contributed by atoms with Crippen LogP contribution in [0.2, 0.25) is 0 Å². The smallest absolute Gasteiger partial charge is 0.188 e. The van der Waals surface area contributed by atoms with E-state index in [-0.39, 0.29) is 0 Å². The molecular weight excluding hydrogens is 210 g/mol. The van der Waals surface area contributed by atoms with E-state index < -0.39 is 6.10 Å². The SMILES string of the molecule is C[C@H](O)c1ccccc1Sc1ncn[nH]1. The predicted molar refractivity (Wildman–Crippen MR) is 57.6 cm³/mol. The summed E-state index contributed by atoms with van der Waals surface area (Å²) in [6.45, 7) is 1.75. The second-order valence-corrected chi connectivity index (χ2v) is 4.14. The monoisotopic (exact) mass is 221 g/mol. The third kappa shape index (κ3) is 2.37. The van der Waals surface area contributed by atoms with Gasteiger partial charge < -0.3 is 5.11 Å². The van der Waals surface area contributed by atoms with Crippen LogP contribution in [0.25, 0.3) is 0 Å². The van der Waals surface area contributed by atoms with E-state index >= 15 is 0 Å². The lowest BCUT2D eigenvalue weighted by Crippen LogP contribution is -1.93. The topological polar surface area (TPSA) is 61.8 Å². The molecule has 1 atom stereocenters. The minimum absolute atomic E-state index is 0.475. The van der Waals surface area contributed by atoms with E-state index in [1.54, 1.807) is 6.92 Å². The molecule has 0 saturated carbocycles. The van der Waals surface area contributed by atoms with Gasteiger partial charge in [0, 0.05) is 4.90 Å². The van der Waals surface area contributed by atoms with Crippen molar-refractivity contribution in [1.29, 1.82) is 0 Å². The second kappa shape index (κ2) is 4.46. The fourth-order valence-corrected chi connectivity index (χ4v) is 2.18. The molecule has 4 nitrogen and oxygen atoms in total. The fourth-order valence-electron chi connectivity index (χ4n) is 1.27. The molecule has 0 fully saturated rings. The van der Waals surface area contributed by atoms with Crippen LogP contribution in [0.3, 0.4) is 0 Å². The highest BCUT2D eigenvalue weighted by atomic mass is 32.2. The van der Waals surface area contributed by atoms with Crippen molar-refractivity contribution in [2.45, 2.75) is 23.1 Å². The number of hydrogen-bond acceptors (Lipinski definition) is 4. The molecule has 15 heavy (non-hydrogen) atoms. The van der Waals surface area contributed by atoms with Gasteiger partial charge in [-0.05, 0) is 30.3 Å². The van der Waals surface area contributed by atoms with Gasteiger partial charge in [0.15, 0.2) is 5.16 Å². The highest BCUT2D eigenvalue weighted by Crippen LogP contribution is 2.30. The second-order valence-electron chi connectivity index (χ2n) is 3.11. The van der Waals surface area contributed by atoms with Gasteiger partial charge in [-0.3, -0.25) is 5.10 Å². The third-order valence-corrected chi connectivity index (χ3v) is 2.95. The molecule has 1 heterocycles. The summed E-state index contributed by atoms with van der Waals surface area (Å²) in [4.78, 5) is 5.02. The van der Waals surface area contributed by atoms with Crippen LogP contribution in [0.5, 0.6) is 0 Å². The van der Waals surface area contributed by atoms with Crippen LogP contribution in [-0.2, 0) is 0 Å². The molecule has 0 radical (unpaired) electrons. The normalized spacial score (nSPS) is 12.7. The number of hydrogen-bond donors (Lipinski definition) is 2. The number of H-pyrrole nitrogens is 1. The lowest BCUT2D eigenvalue weighted by atomic mass is 10.1. The van der Waals surface area contributed by atoms with E-state index in [0.29, 0.717) is 0 Å². The predicted octanol–water partition coefficient (Wildman–Crippen LogP) is 2.01. The van der Waals surface area contributed by atoms with Crippen molar-refractivity contribution in [2.24, 2.45) is 0 Å². The summed E-state index contributed by atoms with van der Waals surface area (Å²) in [6.07, 6.45) is 0.990. The molecule has 0 saturated heterocycles. The number of rotatable bonds is 3. The Balaban J connectivity index is 2.28. The van der Waals surface area contributed by atoms with Crippen molar-refractivity contribution in [3.8, 4) is 0 Å². The Morgan fingerprint density at radius 2 is 2.20 bits per heavy atom. The molecule has 1 aromatic carbocycles. The minimum Gasteiger partial charge on any atom is -0.389 e. The van der Waals surface area contributed by atoms with E-state index in [1.165, 1.54) is 18.1 Å². The highest BCUT2D eigenvalue weighted by Gasteiger charge is 2.09. The van der Waals surface area contributed by atoms with Gasteiger partial charge >= 0.3 is 0 Å². The molecule has 2 rings (SSSR count). The molecule has 0 amide bonds. The molecule has 0 unspecified atom stereocenters. The van der Waals surface area contributed by atoms with Crippen LogP contribution in [0.1, 0.15) is 18.6 Å². The van der Waals surface area contributed by atoms with Crippen molar-refractivity contribution in [3.05, 3.63) is 36.2 Å². The average molecular weight is 221 g/mol. The molecule has 0 aliphatic rings. The molecule has 0 aliphatic heterocycles. The van der Waals surface area contributed by atoms with Gasteiger partial charge in [0.05, 0.1) is 6.10 Å². The summed E-state index contributed by atoms with van der Waals surface area (Å²) in [5.74, 6) is 0. The van der Waals surface area contributed by atoms with Gasteiger partial charge in [-0.1, -0.05) is 18.2 Å². The van der Waals surface area contributed by atoms with Crippen molar-refractivity contribution >= 4 is 11.8 Å². The first-order chi connectivity index (χ1) is 7.27. The Labute approximate surface area is 91.8 Å². The maximum atomic E-state index is 9.57. The highest BCUT2D eigenvalue weighted by molar-refractivity contribution is 7.99. The Kier molecular flexibility index (Phi) is 3.03. The molecule has 2 N–H and O–H groups in total. The summed E-state index contributed by atoms with van der Waals surface area (Å²) < 4.78 is 0. The summed E-state index contributed by atoms with van der Waals surface area (Å²) in [7, 11) is 0. The van der Waals surface area contributed by atoms with Gasteiger partial charge in [0.1, 0.15) is 6.33 Å². The zero-order valence-corrected chi connectivity index (χ0v) is 9.03. The van der Waals surface area contributed by atoms with E-state index in [0.717, 1.165) is 15.6 Å². The standard InChI is InChI=1S/C10H11N3OS/c1-7(14)8-4-2-3-5-9(8)15-10-11-6-12-13-10/h2-7,14H,1H3,(H,11,12,13)/t7-/m0/s1. The largest absolute Gasteiger partial charge is 0.389 e. The van der Waals surface area contributed by atoms with Gasteiger partial charge in [-0.25, -0.2) is 4.98 Å². The van der Waals surface area contributed by atoms with E-state index in [9.17, 15) is 5.11 Å². The number of aliphatic hydroxyl groups is 1. The van der Waals surface area contributed by atoms with E-state index in [4.69, 9.17) is 0 Å². The zero-order chi connectivity index (χ0) is 10.7. The molecule has 0 spiro atoms. The summed E-state index contributed by atoms with van der Waals surface area (Å²) in [5, 5.41) is 16.8. The molecule has 1 aromatic heterocycles. The fraction of sp³-hybridized carbons (Fsp3) is 0.200. The third-order valence-electron chi connectivity index (χ3n) is 1.97. The van der Waals surface area contributed by atoms with Gasteiger partial charge in [-0.15, -0.1) is 0 Å². The van der Waals surface area contributed by atoms with Crippen molar-refractivity contribution in [3.63, 3.8) is 0 Å². The van der Waals surface area contributed by atoms with E-state index in [2.05, 4.69) is 15.2 Å². The first-order valence-electron chi connectivity index (χ1n) is 4.57. The van der Waals surface area contributed by atoms with Crippen LogP contribution in [0.15, 0.2) is 40.6 Å². The first kappa shape index (κ1) is 10.2. The van der Waals surface area contributed by atoms with Gasteiger partial charge in [0.2, 0.25) is 0 Å². The van der Waals surface area contributed by atoms with Crippen molar-refractivity contribution < 1.29 is 5.11 Å². The number of aliphatic hydroxyl groups excluding tert-OH is 1. The van der Waals surface area contributed by atoms with Crippen LogP contribution < -0.4 is 0 Å². The average Bonchev–Trinajstić information content (AvgIpc) is 2.71. The van der Waals surface area contributed by atoms with Crippen LogP contribution in [0, 0.1) is 0 Å². The number of nitrogens with one attached hydrogen (secondary N) is 1. The molecule has 2 aromatic rings. The summed E-state index contributed by atoms with van der Waals surface area (Å²) in [5.41, 5.74) is 0.902. The molecular formula is C10H11N3OS. The number of aromatic nitrogens is 3. The number of aromatic amines is 1. The minimum atomic E-state index is -0.475. The quantitative estimate of drug-likeness (QED) is 0.832. The van der Waals surface area contributed by atoms with Crippen LogP contribution in [0.4, 0.5) is 0 Å². The number of benzene rings is 1. The van der Waals surface area contributed by atoms with Crippen molar-refractivity contribution in [1.82, 2.24) is 15.2 Å². The molecule has 0 bridgehead atoms. The van der Waals surface area contributed by atoms with E-state index in [1.807, 2.05) is 24.3 Å². The van der Waals surface area contributed by atoms with Crippen LogP contribution >= 0.6 is 11.8 Å².